The van der Waals surface area contributed by atoms with Crippen LogP contribution >= 0.6 is 0 Å². The molecule has 3 heteroatoms. The van der Waals surface area contributed by atoms with Gasteiger partial charge in [0.1, 0.15) is 0 Å². The summed E-state index contributed by atoms with van der Waals surface area (Å²) >= 11 is 0. The molecule has 2 N–H and O–H groups in total. The number of hydrogen-bond acceptors (Lipinski definition) is 3. The third kappa shape index (κ3) is 1.83. The molecule has 0 aromatic heterocycles. The fraction of sp³-hybridized carbons (Fsp3) is 0.222. The first kappa shape index (κ1) is 8.74. The average Bonchev–Trinajstić information content (AvgIpc) is 2.10. The highest BCUT2D eigenvalue weighted by Crippen LogP contribution is 2.00. The number of rotatable bonds is 1. The predicted molar refractivity (Wildman–Crippen MR) is 50.0 cm³/mol. The monoisotopic (exact) mass is 164 g/mol. The SMILES string of the molecule is Cc1cccc(N(C)N)c(=O)c1. The largest absolute Gasteiger partial charge is 0.310 e. The second-order valence-electron chi connectivity index (χ2n) is 2.77. The standard InChI is InChI=1S/C9H12N2O/c1-7-4-3-5-8(11(2)10)9(12)6-7/h3-6H,10H2,1-2H3. The zero-order valence-corrected chi connectivity index (χ0v) is 7.24. The minimum atomic E-state index is -0.0532. The quantitative estimate of drug-likeness (QED) is 0.490. The molecule has 0 unspecified atom stereocenters. The maximum atomic E-state index is 11.4. The number of nitrogens with two attached hydrogens (primary N) is 1. The Morgan fingerprint density at radius 3 is 2.67 bits per heavy atom. The number of nitrogens with zero attached hydrogens (tertiary/aromatic N) is 1. The molecule has 0 fully saturated rings. The van der Waals surface area contributed by atoms with Gasteiger partial charge in [0.2, 0.25) is 5.43 Å². The first-order valence-corrected chi connectivity index (χ1v) is 3.70. The first-order chi connectivity index (χ1) is 5.61. The summed E-state index contributed by atoms with van der Waals surface area (Å²) in [6, 6.07) is 6.96. The molecule has 0 heterocycles. The van der Waals surface area contributed by atoms with Crippen molar-refractivity contribution in [2.75, 3.05) is 12.1 Å². The second kappa shape index (κ2) is 3.36. The van der Waals surface area contributed by atoms with Gasteiger partial charge in [0.05, 0.1) is 5.69 Å². The van der Waals surface area contributed by atoms with Gasteiger partial charge in [-0.1, -0.05) is 12.1 Å². The molecule has 1 rings (SSSR count). The number of hydrazine groups is 1. The molecule has 1 aromatic rings. The minimum absolute atomic E-state index is 0.0532. The zero-order valence-electron chi connectivity index (χ0n) is 7.24. The van der Waals surface area contributed by atoms with Gasteiger partial charge >= 0.3 is 0 Å². The van der Waals surface area contributed by atoms with Crippen molar-refractivity contribution in [1.82, 2.24) is 0 Å². The molecule has 64 valence electrons. The van der Waals surface area contributed by atoms with E-state index in [1.165, 1.54) is 5.01 Å². The summed E-state index contributed by atoms with van der Waals surface area (Å²) in [5.41, 5.74) is 1.39. The molecule has 1 aromatic carbocycles. The molecular formula is C9H12N2O. The minimum Gasteiger partial charge on any atom is -0.310 e. The van der Waals surface area contributed by atoms with Crippen LogP contribution in [0.15, 0.2) is 29.1 Å². The van der Waals surface area contributed by atoms with Crippen LogP contribution in [0.2, 0.25) is 0 Å². The van der Waals surface area contributed by atoms with Gasteiger partial charge in [-0.2, -0.15) is 0 Å². The molecule has 0 saturated carbocycles. The van der Waals surface area contributed by atoms with Crippen LogP contribution in [0.25, 0.3) is 0 Å². The fourth-order valence-corrected chi connectivity index (χ4v) is 0.993. The molecule has 0 aliphatic heterocycles. The van der Waals surface area contributed by atoms with E-state index in [0.29, 0.717) is 5.69 Å². The van der Waals surface area contributed by atoms with Gasteiger partial charge in [-0.3, -0.25) is 4.79 Å². The van der Waals surface area contributed by atoms with E-state index in [0.717, 1.165) is 5.56 Å². The molecule has 0 atom stereocenters. The van der Waals surface area contributed by atoms with E-state index >= 15 is 0 Å². The van der Waals surface area contributed by atoms with Crippen molar-refractivity contribution < 1.29 is 0 Å². The Hall–Kier alpha value is -1.35. The van der Waals surface area contributed by atoms with Crippen molar-refractivity contribution in [2.24, 2.45) is 5.84 Å². The smallest absolute Gasteiger partial charge is 0.203 e. The number of aryl methyl sites for hydroxylation is 1. The molecule has 3 nitrogen and oxygen atoms in total. The molecular weight excluding hydrogens is 152 g/mol. The third-order valence-corrected chi connectivity index (χ3v) is 1.60. The molecule has 0 aliphatic carbocycles. The Bertz CT molecular complexity index is 334. The maximum absolute atomic E-state index is 11.4. The Morgan fingerprint density at radius 1 is 1.42 bits per heavy atom. The molecule has 0 aliphatic rings. The normalized spacial score (nSPS) is 9.58. The van der Waals surface area contributed by atoms with E-state index in [2.05, 4.69) is 0 Å². The summed E-state index contributed by atoms with van der Waals surface area (Å²) in [5, 5.41) is 1.32. The van der Waals surface area contributed by atoms with Crippen LogP contribution in [-0.2, 0) is 0 Å². The lowest BCUT2D eigenvalue weighted by molar-refractivity contribution is 1.01. The zero-order chi connectivity index (χ0) is 9.14. The molecule has 0 saturated heterocycles. The Kier molecular flexibility index (Phi) is 2.45. The van der Waals surface area contributed by atoms with Crippen LogP contribution in [-0.4, -0.2) is 7.05 Å². The highest BCUT2D eigenvalue weighted by atomic mass is 16.1. The molecule has 0 amide bonds. The highest BCUT2D eigenvalue weighted by Gasteiger charge is 1.97. The molecule has 0 bridgehead atoms. The van der Waals surface area contributed by atoms with Gasteiger partial charge in [0.15, 0.2) is 0 Å². The van der Waals surface area contributed by atoms with Crippen molar-refractivity contribution >= 4 is 5.69 Å². The summed E-state index contributed by atoms with van der Waals surface area (Å²) in [6.07, 6.45) is 0. The van der Waals surface area contributed by atoms with Gasteiger partial charge in [0.25, 0.3) is 0 Å². The lowest BCUT2D eigenvalue weighted by atomic mass is 10.3. The van der Waals surface area contributed by atoms with Crippen LogP contribution in [0.3, 0.4) is 0 Å². The molecule has 0 radical (unpaired) electrons. The van der Waals surface area contributed by atoms with Crippen LogP contribution in [0.5, 0.6) is 0 Å². The lowest BCUT2D eigenvalue weighted by Crippen LogP contribution is -2.29. The first-order valence-electron chi connectivity index (χ1n) is 3.70. The Morgan fingerprint density at radius 2 is 2.08 bits per heavy atom. The summed E-state index contributed by atoms with van der Waals surface area (Å²) in [4.78, 5) is 11.4. The van der Waals surface area contributed by atoms with Gasteiger partial charge in [-0.25, -0.2) is 5.84 Å². The van der Waals surface area contributed by atoms with Crippen molar-refractivity contribution in [1.29, 1.82) is 0 Å². The van der Waals surface area contributed by atoms with Crippen LogP contribution < -0.4 is 16.3 Å². The lowest BCUT2D eigenvalue weighted by Gasteiger charge is -2.07. The van der Waals surface area contributed by atoms with Crippen molar-refractivity contribution in [2.45, 2.75) is 6.92 Å². The van der Waals surface area contributed by atoms with Crippen molar-refractivity contribution in [3.63, 3.8) is 0 Å². The van der Waals surface area contributed by atoms with Gasteiger partial charge in [-0.15, -0.1) is 0 Å². The van der Waals surface area contributed by atoms with Gasteiger partial charge in [0, 0.05) is 7.05 Å². The van der Waals surface area contributed by atoms with E-state index in [-0.39, 0.29) is 5.43 Å². The maximum Gasteiger partial charge on any atom is 0.203 e. The highest BCUT2D eigenvalue weighted by molar-refractivity contribution is 5.43. The Labute approximate surface area is 71.4 Å². The summed E-state index contributed by atoms with van der Waals surface area (Å²) in [5.74, 6) is 5.45. The van der Waals surface area contributed by atoms with Gasteiger partial charge < -0.3 is 5.01 Å². The average molecular weight is 164 g/mol. The van der Waals surface area contributed by atoms with E-state index in [1.54, 1.807) is 19.2 Å². The van der Waals surface area contributed by atoms with E-state index < -0.39 is 0 Å². The fourth-order valence-electron chi connectivity index (χ4n) is 0.993. The second-order valence-corrected chi connectivity index (χ2v) is 2.77. The summed E-state index contributed by atoms with van der Waals surface area (Å²) in [6.45, 7) is 1.88. The van der Waals surface area contributed by atoms with E-state index in [1.807, 2.05) is 19.1 Å². The van der Waals surface area contributed by atoms with Crippen LogP contribution in [0, 0.1) is 6.92 Å². The topological polar surface area (TPSA) is 46.3 Å². The number of hydrogen-bond donors (Lipinski definition) is 1. The van der Waals surface area contributed by atoms with Gasteiger partial charge in [-0.05, 0) is 24.6 Å². The summed E-state index contributed by atoms with van der Waals surface area (Å²) < 4.78 is 0. The van der Waals surface area contributed by atoms with Crippen LogP contribution in [0.4, 0.5) is 5.69 Å². The van der Waals surface area contributed by atoms with Crippen molar-refractivity contribution in [3.05, 3.63) is 40.1 Å². The Balaban J connectivity index is 3.36. The van der Waals surface area contributed by atoms with E-state index in [4.69, 9.17) is 5.84 Å². The van der Waals surface area contributed by atoms with Crippen molar-refractivity contribution in [3.8, 4) is 0 Å². The third-order valence-electron chi connectivity index (χ3n) is 1.60. The predicted octanol–water partition coefficient (Wildman–Crippen LogP) is 0.665. The molecule has 12 heavy (non-hydrogen) atoms. The van der Waals surface area contributed by atoms with Crippen LogP contribution in [0.1, 0.15) is 5.56 Å². The van der Waals surface area contributed by atoms with E-state index in [9.17, 15) is 4.79 Å². The molecule has 0 spiro atoms. The summed E-state index contributed by atoms with van der Waals surface area (Å²) in [7, 11) is 1.64. The number of anilines is 1.